The van der Waals surface area contributed by atoms with Crippen LogP contribution >= 0.6 is 0 Å². The normalized spacial score (nSPS) is 19.4. The molecule has 0 amide bonds. The summed E-state index contributed by atoms with van der Waals surface area (Å²) in [6.07, 6.45) is 7.19. The fourth-order valence-electron chi connectivity index (χ4n) is 4.78. The van der Waals surface area contributed by atoms with Crippen LogP contribution in [-0.2, 0) is 20.9 Å². The van der Waals surface area contributed by atoms with E-state index >= 15 is 0 Å². The number of aryl methyl sites for hydroxylation is 2. The van der Waals surface area contributed by atoms with Crippen molar-refractivity contribution >= 4 is 5.97 Å². The van der Waals surface area contributed by atoms with Crippen molar-refractivity contribution in [3.8, 4) is 11.5 Å². The molecule has 1 aliphatic carbocycles. The largest absolute Gasteiger partial charge is 0.460 e. The van der Waals surface area contributed by atoms with E-state index in [4.69, 9.17) is 18.9 Å². The third kappa shape index (κ3) is 8.64. The van der Waals surface area contributed by atoms with E-state index in [-0.39, 0.29) is 18.0 Å². The summed E-state index contributed by atoms with van der Waals surface area (Å²) < 4.78 is 17.9. The van der Waals surface area contributed by atoms with Crippen molar-refractivity contribution in [2.75, 3.05) is 0 Å². The number of esters is 1. The van der Waals surface area contributed by atoms with Crippen LogP contribution in [0.2, 0.25) is 0 Å². The van der Waals surface area contributed by atoms with Crippen molar-refractivity contribution in [1.29, 1.82) is 0 Å². The minimum atomic E-state index is -0.466. The number of carbonyl (C=O) groups excluding carboxylic acids is 1. The van der Waals surface area contributed by atoms with Crippen molar-refractivity contribution in [2.45, 2.75) is 105 Å². The maximum atomic E-state index is 12.7. The Labute approximate surface area is 211 Å². The van der Waals surface area contributed by atoms with Crippen LogP contribution in [0.3, 0.4) is 0 Å². The molecule has 3 rings (SSSR count). The monoisotopic (exact) mass is 481 g/mol. The molecule has 1 saturated carbocycles. The van der Waals surface area contributed by atoms with Gasteiger partial charge in [-0.3, -0.25) is 4.79 Å². The van der Waals surface area contributed by atoms with Crippen LogP contribution in [0.5, 0.6) is 0 Å². The molecular weight excluding hydrogens is 438 g/mol. The van der Waals surface area contributed by atoms with Gasteiger partial charge < -0.3 is 13.9 Å². The van der Waals surface area contributed by atoms with E-state index in [0.717, 1.165) is 54.7 Å². The molecule has 1 aromatic carbocycles. The third-order valence-corrected chi connectivity index (χ3v) is 6.64. The van der Waals surface area contributed by atoms with Gasteiger partial charge in [-0.05, 0) is 91.7 Å². The predicted molar refractivity (Wildman–Crippen MR) is 140 cm³/mol. The molecule has 0 saturated heterocycles. The molecule has 1 heterocycles. The number of ether oxygens (including phenoxy) is 2. The molecule has 1 aliphatic rings. The fourth-order valence-corrected chi connectivity index (χ4v) is 4.78. The minimum Gasteiger partial charge on any atom is -0.460 e. The number of hydrogen-bond donors (Lipinski definition) is 0. The summed E-state index contributed by atoms with van der Waals surface area (Å²) in [5.41, 5.74) is 3.63. The van der Waals surface area contributed by atoms with E-state index < -0.39 is 5.60 Å². The van der Waals surface area contributed by atoms with Gasteiger partial charge in [0, 0.05) is 5.56 Å². The molecular formula is C30H43NO4. The van der Waals surface area contributed by atoms with Crippen LogP contribution in [0.25, 0.3) is 11.5 Å². The predicted octanol–water partition coefficient (Wildman–Crippen LogP) is 7.74. The van der Waals surface area contributed by atoms with Crippen molar-refractivity contribution in [2.24, 2.45) is 11.8 Å². The Morgan fingerprint density at radius 1 is 1.20 bits per heavy atom. The molecule has 1 unspecified atom stereocenters. The highest BCUT2D eigenvalue weighted by atomic mass is 16.6. The molecule has 1 fully saturated rings. The zero-order chi connectivity index (χ0) is 25.6. The quantitative estimate of drug-likeness (QED) is 0.256. The Kier molecular flexibility index (Phi) is 9.34. The van der Waals surface area contributed by atoms with Crippen molar-refractivity contribution < 1.29 is 18.7 Å². The Morgan fingerprint density at radius 2 is 1.91 bits per heavy atom. The van der Waals surface area contributed by atoms with Gasteiger partial charge in [-0.25, -0.2) is 4.98 Å². The van der Waals surface area contributed by atoms with Crippen LogP contribution in [0.1, 0.15) is 89.7 Å². The summed E-state index contributed by atoms with van der Waals surface area (Å²) >= 11 is 0. The van der Waals surface area contributed by atoms with Crippen LogP contribution in [0, 0.1) is 25.7 Å². The molecule has 5 nitrogen and oxygen atoms in total. The van der Waals surface area contributed by atoms with E-state index in [0.29, 0.717) is 24.8 Å². The number of hydrogen-bond acceptors (Lipinski definition) is 5. The summed E-state index contributed by atoms with van der Waals surface area (Å²) in [7, 11) is 0. The zero-order valence-corrected chi connectivity index (χ0v) is 22.5. The fraction of sp³-hybridized carbons (Fsp3) is 0.600. The number of nitrogens with zero attached hydrogens (tertiary/aromatic N) is 1. The number of carbonyl (C=O) groups is 1. The highest BCUT2D eigenvalue weighted by Gasteiger charge is 2.28. The molecule has 1 aromatic heterocycles. The lowest BCUT2D eigenvalue weighted by molar-refractivity contribution is -0.160. The number of aromatic nitrogens is 1. The second kappa shape index (κ2) is 12.0. The van der Waals surface area contributed by atoms with Crippen molar-refractivity contribution in [3.63, 3.8) is 0 Å². The first-order chi connectivity index (χ1) is 16.5. The van der Waals surface area contributed by atoms with Crippen molar-refractivity contribution in [3.05, 3.63) is 53.4 Å². The highest BCUT2D eigenvalue weighted by Crippen LogP contribution is 2.33. The second-order valence-electron chi connectivity index (χ2n) is 11.3. The standard InChI is InChI=1S/C30H43NO4/c1-20(2)17-25(29(32)35-30(5,6)7)16-13-23-9-8-10-26(18-23)33-19-27-22(4)34-28(31-27)24-14-11-21(3)12-15-24/h11-12,14-15,23,25-26H,1,8-10,13,16-19H2,2-7H3/t23-,25?,26-/m1/s1. The average Bonchev–Trinajstić information content (AvgIpc) is 3.15. The van der Waals surface area contributed by atoms with Crippen LogP contribution in [0.4, 0.5) is 0 Å². The number of oxazole rings is 1. The van der Waals surface area contributed by atoms with Crippen LogP contribution in [-0.4, -0.2) is 22.7 Å². The smallest absolute Gasteiger partial charge is 0.309 e. The Hall–Kier alpha value is -2.40. The second-order valence-corrected chi connectivity index (χ2v) is 11.3. The van der Waals surface area contributed by atoms with Crippen molar-refractivity contribution in [1.82, 2.24) is 4.98 Å². The molecule has 0 radical (unpaired) electrons. The van der Waals surface area contributed by atoms with E-state index in [1.54, 1.807) is 0 Å². The number of rotatable bonds is 10. The first-order valence-corrected chi connectivity index (χ1v) is 13.0. The van der Waals surface area contributed by atoms with Gasteiger partial charge >= 0.3 is 5.97 Å². The lowest BCUT2D eigenvalue weighted by Crippen LogP contribution is -2.30. The van der Waals surface area contributed by atoms with Gasteiger partial charge in [0.1, 0.15) is 17.1 Å². The summed E-state index contributed by atoms with van der Waals surface area (Å²) in [4.78, 5) is 17.4. The van der Waals surface area contributed by atoms with Gasteiger partial charge in [0.2, 0.25) is 5.89 Å². The topological polar surface area (TPSA) is 61.6 Å². The van der Waals surface area contributed by atoms with E-state index in [1.165, 1.54) is 12.0 Å². The zero-order valence-electron chi connectivity index (χ0n) is 22.5. The molecule has 3 atom stereocenters. The molecule has 192 valence electrons. The Balaban J connectivity index is 1.52. The lowest BCUT2D eigenvalue weighted by Gasteiger charge is -2.30. The lowest BCUT2D eigenvalue weighted by atomic mass is 9.81. The van der Waals surface area contributed by atoms with Gasteiger partial charge in [0.25, 0.3) is 0 Å². The number of benzene rings is 1. The Morgan fingerprint density at radius 3 is 2.57 bits per heavy atom. The van der Waals surface area contributed by atoms with E-state index in [2.05, 4.69) is 25.6 Å². The maximum Gasteiger partial charge on any atom is 0.309 e. The highest BCUT2D eigenvalue weighted by molar-refractivity contribution is 5.73. The molecule has 5 heteroatoms. The summed E-state index contributed by atoms with van der Waals surface area (Å²) in [5, 5.41) is 0. The molecule has 0 spiro atoms. The Bertz CT molecular complexity index is 983. The minimum absolute atomic E-state index is 0.102. The van der Waals surface area contributed by atoms with Gasteiger partial charge in [-0.2, -0.15) is 0 Å². The SMILES string of the molecule is C=C(C)CC(CC[C@H]1CCC[C@@H](OCc2nc(-c3ccc(C)cc3)oc2C)C1)C(=O)OC(C)(C)C. The third-order valence-electron chi connectivity index (χ3n) is 6.64. The maximum absolute atomic E-state index is 12.7. The van der Waals surface area contributed by atoms with E-state index in [1.807, 2.05) is 46.8 Å². The summed E-state index contributed by atoms with van der Waals surface area (Å²) in [6, 6.07) is 8.21. The molecule has 0 aliphatic heterocycles. The summed E-state index contributed by atoms with van der Waals surface area (Å²) in [6.45, 7) is 16.3. The first kappa shape index (κ1) is 27.2. The summed E-state index contributed by atoms with van der Waals surface area (Å²) in [5.74, 6) is 1.80. The molecule has 0 bridgehead atoms. The number of allylic oxidation sites excluding steroid dienone is 1. The van der Waals surface area contributed by atoms with Gasteiger partial charge in [-0.15, -0.1) is 6.58 Å². The molecule has 2 aromatic rings. The van der Waals surface area contributed by atoms with Crippen LogP contribution in [0.15, 0.2) is 40.8 Å². The van der Waals surface area contributed by atoms with Gasteiger partial charge in [0.05, 0.1) is 18.6 Å². The van der Waals surface area contributed by atoms with Gasteiger partial charge in [-0.1, -0.05) is 36.1 Å². The van der Waals surface area contributed by atoms with Gasteiger partial charge in [0.15, 0.2) is 0 Å². The van der Waals surface area contributed by atoms with Crippen LogP contribution < -0.4 is 0 Å². The first-order valence-electron chi connectivity index (χ1n) is 13.0. The molecule has 35 heavy (non-hydrogen) atoms. The van der Waals surface area contributed by atoms with E-state index in [9.17, 15) is 4.79 Å². The molecule has 0 N–H and O–H groups in total. The average molecular weight is 482 g/mol.